The quantitative estimate of drug-likeness (QED) is 0.765. The number of halogens is 1. The fourth-order valence-corrected chi connectivity index (χ4v) is 1.40. The SMILES string of the molecule is CCN(C)c1nc(Cl)nc2[nH]ncc12. The molecule has 0 atom stereocenters. The zero-order chi connectivity index (χ0) is 10.1. The first-order chi connectivity index (χ1) is 6.72. The highest BCUT2D eigenvalue weighted by atomic mass is 35.5. The van der Waals surface area contributed by atoms with Gasteiger partial charge in [-0.15, -0.1) is 0 Å². The number of aromatic amines is 1. The van der Waals surface area contributed by atoms with Crippen LogP contribution in [0.1, 0.15) is 6.92 Å². The van der Waals surface area contributed by atoms with Crippen LogP contribution in [0.15, 0.2) is 6.20 Å². The summed E-state index contributed by atoms with van der Waals surface area (Å²) in [5, 5.41) is 7.80. The van der Waals surface area contributed by atoms with E-state index in [2.05, 4.69) is 20.2 Å². The smallest absolute Gasteiger partial charge is 0.226 e. The predicted molar refractivity (Wildman–Crippen MR) is 55.6 cm³/mol. The van der Waals surface area contributed by atoms with Gasteiger partial charge in [0.2, 0.25) is 5.28 Å². The van der Waals surface area contributed by atoms with Crippen molar-refractivity contribution in [1.82, 2.24) is 20.2 Å². The van der Waals surface area contributed by atoms with Gasteiger partial charge in [0.1, 0.15) is 5.82 Å². The van der Waals surface area contributed by atoms with Crippen LogP contribution in [0.3, 0.4) is 0 Å². The van der Waals surface area contributed by atoms with Crippen molar-refractivity contribution in [2.45, 2.75) is 6.92 Å². The summed E-state index contributed by atoms with van der Waals surface area (Å²) in [7, 11) is 1.95. The first kappa shape index (κ1) is 9.21. The molecule has 0 amide bonds. The van der Waals surface area contributed by atoms with Crippen molar-refractivity contribution >= 4 is 28.5 Å². The molecule has 74 valence electrons. The number of anilines is 1. The molecule has 2 heterocycles. The van der Waals surface area contributed by atoms with Crippen molar-refractivity contribution in [1.29, 1.82) is 0 Å². The molecule has 0 saturated carbocycles. The van der Waals surface area contributed by atoms with Crippen molar-refractivity contribution in [2.75, 3.05) is 18.5 Å². The zero-order valence-corrected chi connectivity index (χ0v) is 8.71. The van der Waals surface area contributed by atoms with Gasteiger partial charge in [0.25, 0.3) is 0 Å². The number of nitrogens with zero attached hydrogens (tertiary/aromatic N) is 4. The number of nitrogens with one attached hydrogen (secondary N) is 1. The Bertz CT molecular complexity index is 452. The summed E-state index contributed by atoms with van der Waals surface area (Å²) in [5.74, 6) is 0.802. The van der Waals surface area contributed by atoms with E-state index < -0.39 is 0 Å². The Morgan fingerprint density at radius 2 is 2.29 bits per heavy atom. The third kappa shape index (κ3) is 1.39. The van der Waals surface area contributed by atoms with Gasteiger partial charge in [-0.2, -0.15) is 15.1 Å². The molecule has 0 aliphatic rings. The van der Waals surface area contributed by atoms with Crippen LogP contribution in [0, 0.1) is 0 Å². The average molecular weight is 212 g/mol. The van der Waals surface area contributed by atoms with Gasteiger partial charge in [-0.3, -0.25) is 5.10 Å². The molecule has 0 aromatic carbocycles. The standard InChI is InChI=1S/C8H10ClN5/c1-3-14(2)7-5-4-10-13-6(5)11-8(9)12-7/h4H,3H2,1-2H3,(H,10,11,12,13). The average Bonchev–Trinajstić information content (AvgIpc) is 2.62. The summed E-state index contributed by atoms with van der Waals surface area (Å²) in [6.45, 7) is 2.90. The van der Waals surface area contributed by atoms with Gasteiger partial charge in [-0.25, -0.2) is 0 Å². The second-order valence-electron chi connectivity index (χ2n) is 2.96. The molecule has 0 unspecified atom stereocenters. The Labute approximate surface area is 86.1 Å². The van der Waals surface area contributed by atoms with E-state index in [0.29, 0.717) is 5.65 Å². The van der Waals surface area contributed by atoms with Crippen molar-refractivity contribution in [3.05, 3.63) is 11.5 Å². The molecular formula is C8H10ClN5. The second-order valence-corrected chi connectivity index (χ2v) is 3.30. The van der Waals surface area contributed by atoms with Crippen LogP contribution in [-0.4, -0.2) is 33.8 Å². The number of fused-ring (bicyclic) bond motifs is 1. The predicted octanol–water partition coefficient (Wildman–Crippen LogP) is 1.46. The molecule has 0 radical (unpaired) electrons. The molecule has 14 heavy (non-hydrogen) atoms. The maximum atomic E-state index is 5.79. The molecule has 5 nitrogen and oxygen atoms in total. The van der Waals surface area contributed by atoms with E-state index in [0.717, 1.165) is 17.7 Å². The summed E-state index contributed by atoms with van der Waals surface area (Å²) >= 11 is 5.79. The van der Waals surface area contributed by atoms with Gasteiger partial charge in [0.05, 0.1) is 11.6 Å². The third-order valence-electron chi connectivity index (χ3n) is 2.10. The lowest BCUT2D eigenvalue weighted by atomic mass is 10.4. The van der Waals surface area contributed by atoms with E-state index in [4.69, 9.17) is 11.6 Å². The van der Waals surface area contributed by atoms with E-state index in [1.54, 1.807) is 6.20 Å². The molecule has 2 aromatic heterocycles. The normalized spacial score (nSPS) is 10.8. The molecule has 2 rings (SSSR count). The summed E-state index contributed by atoms with van der Waals surface area (Å²) in [6, 6.07) is 0. The Kier molecular flexibility index (Phi) is 2.25. The first-order valence-corrected chi connectivity index (χ1v) is 4.68. The minimum atomic E-state index is 0.233. The molecule has 0 fully saturated rings. The van der Waals surface area contributed by atoms with E-state index in [1.165, 1.54) is 0 Å². The fourth-order valence-electron chi connectivity index (χ4n) is 1.23. The lowest BCUT2D eigenvalue weighted by molar-refractivity contribution is 0.940. The number of rotatable bonds is 2. The van der Waals surface area contributed by atoms with Gasteiger partial charge < -0.3 is 4.90 Å². The molecule has 0 spiro atoms. The highest BCUT2D eigenvalue weighted by Gasteiger charge is 2.10. The molecule has 0 aliphatic carbocycles. The molecule has 6 heteroatoms. The lowest BCUT2D eigenvalue weighted by Crippen LogP contribution is -2.17. The molecular weight excluding hydrogens is 202 g/mol. The van der Waals surface area contributed by atoms with Crippen LogP contribution in [0.25, 0.3) is 11.0 Å². The summed E-state index contributed by atoms with van der Waals surface area (Å²) < 4.78 is 0. The maximum Gasteiger partial charge on any atom is 0.226 e. The Morgan fingerprint density at radius 3 is 3.00 bits per heavy atom. The number of aromatic nitrogens is 4. The van der Waals surface area contributed by atoms with Gasteiger partial charge >= 0.3 is 0 Å². The van der Waals surface area contributed by atoms with E-state index >= 15 is 0 Å². The number of hydrogen-bond donors (Lipinski definition) is 1. The minimum absolute atomic E-state index is 0.233. The maximum absolute atomic E-state index is 5.79. The summed E-state index contributed by atoms with van der Waals surface area (Å²) in [5.41, 5.74) is 0.667. The largest absolute Gasteiger partial charge is 0.359 e. The van der Waals surface area contributed by atoms with Crippen LogP contribution < -0.4 is 4.90 Å². The lowest BCUT2D eigenvalue weighted by Gasteiger charge is -2.15. The number of hydrogen-bond acceptors (Lipinski definition) is 4. The zero-order valence-electron chi connectivity index (χ0n) is 7.95. The van der Waals surface area contributed by atoms with Gasteiger partial charge in [-0.1, -0.05) is 0 Å². The highest BCUT2D eigenvalue weighted by Crippen LogP contribution is 2.22. The van der Waals surface area contributed by atoms with Crippen molar-refractivity contribution in [2.24, 2.45) is 0 Å². The Balaban J connectivity index is 2.66. The van der Waals surface area contributed by atoms with Crippen molar-refractivity contribution in [3.8, 4) is 0 Å². The highest BCUT2D eigenvalue weighted by molar-refractivity contribution is 6.28. The van der Waals surface area contributed by atoms with Crippen LogP contribution in [0.4, 0.5) is 5.82 Å². The van der Waals surface area contributed by atoms with E-state index in [1.807, 2.05) is 18.9 Å². The van der Waals surface area contributed by atoms with E-state index in [9.17, 15) is 0 Å². The fraction of sp³-hybridized carbons (Fsp3) is 0.375. The topological polar surface area (TPSA) is 57.7 Å². The van der Waals surface area contributed by atoms with E-state index in [-0.39, 0.29) is 5.28 Å². The second kappa shape index (κ2) is 3.42. The van der Waals surface area contributed by atoms with Crippen molar-refractivity contribution in [3.63, 3.8) is 0 Å². The van der Waals surface area contributed by atoms with Gasteiger partial charge in [0.15, 0.2) is 5.65 Å². The molecule has 1 N–H and O–H groups in total. The van der Waals surface area contributed by atoms with Crippen molar-refractivity contribution < 1.29 is 0 Å². The third-order valence-corrected chi connectivity index (χ3v) is 2.27. The minimum Gasteiger partial charge on any atom is -0.359 e. The van der Waals surface area contributed by atoms with Crippen LogP contribution in [0.5, 0.6) is 0 Å². The molecule has 2 aromatic rings. The van der Waals surface area contributed by atoms with Crippen LogP contribution >= 0.6 is 11.6 Å². The Hall–Kier alpha value is -1.36. The molecule has 0 bridgehead atoms. The first-order valence-electron chi connectivity index (χ1n) is 4.30. The van der Waals surface area contributed by atoms with Gasteiger partial charge in [0, 0.05) is 13.6 Å². The molecule has 0 saturated heterocycles. The van der Waals surface area contributed by atoms with Gasteiger partial charge in [-0.05, 0) is 18.5 Å². The summed E-state index contributed by atoms with van der Waals surface area (Å²) in [4.78, 5) is 10.2. The Morgan fingerprint density at radius 1 is 1.50 bits per heavy atom. The van der Waals surface area contributed by atoms with Crippen LogP contribution in [-0.2, 0) is 0 Å². The monoisotopic (exact) mass is 211 g/mol. The van der Waals surface area contributed by atoms with Crippen LogP contribution in [0.2, 0.25) is 5.28 Å². The number of H-pyrrole nitrogens is 1. The molecule has 0 aliphatic heterocycles. The summed E-state index contributed by atoms with van der Waals surface area (Å²) in [6.07, 6.45) is 1.70.